The largest absolute Gasteiger partial charge is 0.342 e. The van der Waals surface area contributed by atoms with Gasteiger partial charge in [0.25, 0.3) is 0 Å². The van der Waals surface area contributed by atoms with E-state index in [4.69, 9.17) is 11.6 Å². The number of carbonyl (C=O) groups excluding carboxylic acids is 1. The minimum absolute atomic E-state index is 0.197. The molecule has 4 heteroatoms. The second-order valence-corrected chi connectivity index (χ2v) is 5.91. The van der Waals surface area contributed by atoms with E-state index >= 15 is 0 Å². The van der Waals surface area contributed by atoms with Gasteiger partial charge in [0.15, 0.2) is 0 Å². The van der Waals surface area contributed by atoms with Crippen molar-refractivity contribution in [2.45, 2.75) is 32.2 Å². The van der Waals surface area contributed by atoms with Gasteiger partial charge in [-0.25, -0.2) is 0 Å². The Balaban J connectivity index is 1.87. The molecule has 0 aliphatic carbocycles. The number of likely N-dealkylation sites (N-methyl/N-ethyl adjacent to an activating group) is 1. The number of rotatable bonds is 4. The molecule has 1 aromatic rings. The molecular formula is C16H23ClN2O. The molecule has 0 spiro atoms. The molecular weight excluding hydrogens is 272 g/mol. The van der Waals surface area contributed by atoms with E-state index in [1.54, 1.807) is 0 Å². The summed E-state index contributed by atoms with van der Waals surface area (Å²) >= 11 is 5.86. The lowest BCUT2D eigenvalue weighted by molar-refractivity contribution is -0.132. The third-order valence-corrected chi connectivity index (χ3v) is 4.47. The highest BCUT2D eigenvalue weighted by atomic mass is 35.5. The minimum Gasteiger partial charge on any atom is -0.342 e. The lowest BCUT2D eigenvalue weighted by atomic mass is 10.0. The van der Waals surface area contributed by atoms with Crippen LogP contribution in [0.4, 0.5) is 0 Å². The first-order valence-electron chi connectivity index (χ1n) is 7.32. The fourth-order valence-electron chi connectivity index (χ4n) is 2.73. The van der Waals surface area contributed by atoms with Crippen LogP contribution >= 0.6 is 11.6 Å². The predicted molar refractivity (Wildman–Crippen MR) is 83.1 cm³/mol. The lowest BCUT2D eigenvalue weighted by Gasteiger charge is -2.36. The van der Waals surface area contributed by atoms with Crippen molar-refractivity contribution in [1.82, 2.24) is 9.80 Å². The molecule has 0 aromatic heterocycles. The standard InChI is InChI=1S/C16H23ClN2O/c1-3-19-10-8-15(9-11-19)18(2)16(20)12-13-4-6-14(17)7-5-13/h4-7,15H,3,8-12H2,1-2H3. The van der Waals surface area contributed by atoms with E-state index in [-0.39, 0.29) is 5.91 Å². The molecule has 2 rings (SSSR count). The second kappa shape index (κ2) is 7.09. The maximum Gasteiger partial charge on any atom is 0.226 e. The SMILES string of the molecule is CCN1CCC(N(C)C(=O)Cc2ccc(Cl)cc2)CC1. The van der Waals surface area contributed by atoms with Crippen molar-refractivity contribution in [2.75, 3.05) is 26.7 Å². The number of carbonyl (C=O) groups is 1. The highest BCUT2D eigenvalue weighted by Gasteiger charge is 2.24. The molecule has 110 valence electrons. The number of likely N-dealkylation sites (tertiary alicyclic amines) is 1. The average Bonchev–Trinajstić information content (AvgIpc) is 2.49. The summed E-state index contributed by atoms with van der Waals surface area (Å²) < 4.78 is 0. The van der Waals surface area contributed by atoms with Gasteiger partial charge in [-0.3, -0.25) is 4.79 Å². The summed E-state index contributed by atoms with van der Waals surface area (Å²) in [5.74, 6) is 0.197. The van der Waals surface area contributed by atoms with Gasteiger partial charge < -0.3 is 9.80 Å². The van der Waals surface area contributed by atoms with E-state index < -0.39 is 0 Å². The van der Waals surface area contributed by atoms with Crippen LogP contribution in [0, 0.1) is 0 Å². The first kappa shape index (κ1) is 15.3. The van der Waals surface area contributed by atoms with Gasteiger partial charge in [-0.1, -0.05) is 30.7 Å². The van der Waals surface area contributed by atoms with Crippen molar-refractivity contribution in [1.29, 1.82) is 0 Å². The molecule has 1 amide bonds. The van der Waals surface area contributed by atoms with Gasteiger partial charge in [-0.15, -0.1) is 0 Å². The topological polar surface area (TPSA) is 23.6 Å². The second-order valence-electron chi connectivity index (χ2n) is 5.47. The molecule has 20 heavy (non-hydrogen) atoms. The van der Waals surface area contributed by atoms with Crippen LogP contribution in [0.3, 0.4) is 0 Å². The normalized spacial score (nSPS) is 17.1. The van der Waals surface area contributed by atoms with Crippen molar-refractivity contribution in [2.24, 2.45) is 0 Å². The van der Waals surface area contributed by atoms with Gasteiger partial charge >= 0.3 is 0 Å². The van der Waals surface area contributed by atoms with Crippen LogP contribution in [0.1, 0.15) is 25.3 Å². The van der Waals surface area contributed by atoms with Gasteiger partial charge in [0.2, 0.25) is 5.91 Å². The number of nitrogens with zero attached hydrogens (tertiary/aromatic N) is 2. The third kappa shape index (κ3) is 3.97. The zero-order chi connectivity index (χ0) is 14.5. The van der Waals surface area contributed by atoms with Crippen LogP contribution in [0.2, 0.25) is 5.02 Å². The van der Waals surface area contributed by atoms with E-state index in [0.29, 0.717) is 17.5 Å². The summed E-state index contributed by atoms with van der Waals surface area (Å²) in [5, 5.41) is 0.710. The van der Waals surface area contributed by atoms with Crippen LogP contribution in [0.25, 0.3) is 0 Å². The van der Waals surface area contributed by atoms with E-state index in [0.717, 1.165) is 38.0 Å². The molecule has 1 saturated heterocycles. The molecule has 0 N–H and O–H groups in total. The summed E-state index contributed by atoms with van der Waals surface area (Å²) in [4.78, 5) is 16.7. The summed E-state index contributed by atoms with van der Waals surface area (Å²) in [6.07, 6.45) is 2.62. The van der Waals surface area contributed by atoms with Crippen LogP contribution in [0.5, 0.6) is 0 Å². The third-order valence-electron chi connectivity index (χ3n) is 4.21. The molecule has 1 heterocycles. The van der Waals surface area contributed by atoms with Crippen molar-refractivity contribution >= 4 is 17.5 Å². The van der Waals surface area contributed by atoms with E-state index in [1.165, 1.54) is 0 Å². The number of halogens is 1. The molecule has 0 unspecified atom stereocenters. The van der Waals surface area contributed by atoms with E-state index in [2.05, 4.69) is 11.8 Å². The predicted octanol–water partition coefficient (Wildman–Crippen LogP) is 2.83. The highest BCUT2D eigenvalue weighted by Crippen LogP contribution is 2.17. The van der Waals surface area contributed by atoms with Crippen LogP contribution in [-0.4, -0.2) is 48.4 Å². The van der Waals surface area contributed by atoms with Crippen molar-refractivity contribution in [3.05, 3.63) is 34.9 Å². The Kier molecular flexibility index (Phi) is 5.44. The first-order chi connectivity index (χ1) is 9.60. The van der Waals surface area contributed by atoms with Gasteiger partial charge in [-0.05, 0) is 37.1 Å². The zero-order valence-corrected chi connectivity index (χ0v) is 13.1. The highest BCUT2D eigenvalue weighted by molar-refractivity contribution is 6.30. The number of piperidine rings is 1. The zero-order valence-electron chi connectivity index (χ0n) is 12.3. The Hall–Kier alpha value is -1.06. The minimum atomic E-state index is 0.197. The van der Waals surface area contributed by atoms with Gasteiger partial charge in [0.1, 0.15) is 0 Å². The van der Waals surface area contributed by atoms with Gasteiger partial charge in [0, 0.05) is 31.2 Å². The van der Waals surface area contributed by atoms with E-state index in [1.807, 2.05) is 36.2 Å². The molecule has 0 radical (unpaired) electrons. The fraction of sp³-hybridized carbons (Fsp3) is 0.562. The van der Waals surface area contributed by atoms with Crippen LogP contribution in [0.15, 0.2) is 24.3 Å². The molecule has 1 aromatic carbocycles. The van der Waals surface area contributed by atoms with Crippen molar-refractivity contribution in [3.8, 4) is 0 Å². The van der Waals surface area contributed by atoms with Crippen molar-refractivity contribution < 1.29 is 4.79 Å². The van der Waals surface area contributed by atoms with Gasteiger partial charge in [0.05, 0.1) is 6.42 Å². The summed E-state index contributed by atoms with van der Waals surface area (Å²) in [6, 6.07) is 7.91. The Bertz CT molecular complexity index is 438. The molecule has 1 aliphatic heterocycles. The van der Waals surface area contributed by atoms with Gasteiger partial charge in [-0.2, -0.15) is 0 Å². The molecule has 0 atom stereocenters. The maximum absolute atomic E-state index is 12.3. The Labute approximate surface area is 126 Å². The first-order valence-corrected chi connectivity index (χ1v) is 7.70. The lowest BCUT2D eigenvalue weighted by Crippen LogP contribution is -2.45. The number of benzene rings is 1. The Morgan fingerprint density at radius 2 is 1.90 bits per heavy atom. The number of amides is 1. The number of hydrogen-bond donors (Lipinski definition) is 0. The summed E-state index contributed by atoms with van der Waals surface area (Å²) in [7, 11) is 1.94. The molecule has 0 bridgehead atoms. The summed E-state index contributed by atoms with van der Waals surface area (Å²) in [5.41, 5.74) is 1.03. The quantitative estimate of drug-likeness (QED) is 0.852. The van der Waals surface area contributed by atoms with Crippen molar-refractivity contribution in [3.63, 3.8) is 0 Å². The van der Waals surface area contributed by atoms with E-state index in [9.17, 15) is 4.79 Å². The number of hydrogen-bond acceptors (Lipinski definition) is 2. The molecule has 1 fully saturated rings. The monoisotopic (exact) mass is 294 g/mol. The van der Waals surface area contributed by atoms with Crippen LogP contribution in [-0.2, 0) is 11.2 Å². The molecule has 3 nitrogen and oxygen atoms in total. The Morgan fingerprint density at radius 1 is 1.30 bits per heavy atom. The van der Waals surface area contributed by atoms with Crippen LogP contribution < -0.4 is 0 Å². The maximum atomic E-state index is 12.3. The average molecular weight is 295 g/mol. The smallest absolute Gasteiger partial charge is 0.226 e. The fourth-order valence-corrected chi connectivity index (χ4v) is 2.85. The summed E-state index contributed by atoms with van der Waals surface area (Å²) in [6.45, 7) is 5.49. The Morgan fingerprint density at radius 3 is 2.45 bits per heavy atom. The molecule has 1 aliphatic rings. The molecule has 0 saturated carbocycles.